The summed E-state index contributed by atoms with van der Waals surface area (Å²) in [7, 11) is 0. The minimum atomic E-state index is -2.32. The standard InChI is InChI=1S/C16H13F5N4O2/c17-11-12(18)14(20)16(15(21)13(11)19)27-8-10(26)24-9-6-23-25(7-9)5-3-1-2-4-22/h6-7H,1-3,5,8H2,(H,24,26). The van der Waals surface area contributed by atoms with E-state index in [-0.39, 0.29) is 5.69 Å². The number of hydrogen-bond donors (Lipinski definition) is 1. The fourth-order valence-electron chi connectivity index (χ4n) is 2.07. The molecule has 1 heterocycles. The molecule has 0 atom stereocenters. The van der Waals surface area contributed by atoms with Gasteiger partial charge in [0.05, 0.1) is 18.0 Å². The highest BCUT2D eigenvalue weighted by molar-refractivity contribution is 5.91. The number of unbranched alkanes of at least 4 members (excludes halogenated alkanes) is 2. The molecule has 1 aromatic heterocycles. The van der Waals surface area contributed by atoms with Crippen molar-refractivity contribution >= 4 is 11.6 Å². The van der Waals surface area contributed by atoms with E-state index in [1.807, 2.05) is 6.07 Å². The van der Waals surface area contributed by atoms with E-state index in [0.717, 1.165) is 0 Å². The van der Waals surface area contributed by atoms with Gasteiger partial charge in [-0.05, 0) is 12.8 Å². The topological polar surface area (TPSA) is 79.9 Å². The number of amides is 1. The summed E-state index contributed by atoms with van der Waals surface area (Å²) in [6.45, 7) is -0.468. The van der Waals surface area contributed by atoms with Gasteiger partial charge in [0.2, 0.25) is 29.1 Å². The van der Waals surface area contributed by atoms with Crippen LogP contribution in [-0.4, -0.2) is 22.3 Å². The maximum atomic E-state index is 13.4. The Kier molecular flexibility index (Phi) is 6.70. The Morgan fingerprint density at radius 3 is 2.37 bits per heavy atom. The molecule has 0 saturated carbocycles. The van der Waals surface area contributed by atoms with Crippen LogP contribution in [0.15, 0.2) is 12.4 Å². The minimum Gasteiger partial charge on any atom is -0.477 e. The van der Waals surface area contributed by atoms with Crippen LogP contribution in [0.1, 0.15) is 19.3 Å². The molecule has 2 rings (SSSR count). The van der Waals surface area contributed by atoms with Gasteiger partial charge in [-0.3, -0.25) is 9.48 Å². The second-order valence-corrected chi connectivity index (χ2v) is 5.34. The maximum absolute atomic E-state index is 13.4. The van der Waals surface area contributed by atoms with Gasteiger partial charge in [-0.2, -0.15) is 19.1 Å². The third-order valence-electron chi connectivity index (χ3n) is 3.36. The van der Waals surface area contributed by atoms with Crippen LogP contribution in [0.5, 0.6) is 5.75 Å². The van der Waals surface area contributed by atoms with Crippen LogP contribution in [0, 0.1) is 40.4 Å². The summed E-state index contributed by atoms with van der Waals surface area (Å²) in [4.78, 5) is 11.7. The summed E-state index contributed by atoms with van der Waals surface area (Å²) in [6.07, 6.45) is 4.59. The van der Waals surface area contributed by atoms with E-state index >= 15 is 0 Å². The van der Waals surface area contributed by atoms with Gasteiger partial charge in [-0.25, -0.2) is 13.2 Å². The van der Waals surface area contributed by atoms with Crippen molar-refractivity contribution in [1.29, 1.82) is 5.26 Å². The van der Waals surface area contributed by atoms with Crippen molar-refractivity contribution in [3.8, 4) is 11.8 Å². The highest BCUT2D eigenvalue weighted by Gasteiger charge is 2.27. The highest BCUT2D eigenvalue weighted by Crippen LogP contribution is 2.29. The Labute approximate surface area is 150 Å². The van der Waals surface area contributed by atoms with E-state index in [9.17, 15) is 26.7 Å². The van der Waals surface area contributed by atoms with Gasteiger partial charge in [0, 0.05) is 19.2 Å². The third-order valence-corrected chi connectivity index (χ3v) is 3.36. The van der Waals surface area contributed by atoms with Crippen LogP contribution in [0.3, 0.4) is 0 Å². The molecule has 144 valence electrons. The number of nitrogens with one attached hydrogen (secondary N) is 1. The first-order valence-electron chi connectivity index (χ1n) is 7.68. The van der Waals surface area contributed by atoms with E-state index in [1.54, 1.807) is 0 Å². The van der Waals surface area contributed by atoms with Crippen LogP contribution in [0.4, 0.5) is 27.6 Å². The largest absolute Gasteiger partial charge is 0.477 e. The number of benzene rings is 1. The lowest BCUT2D eigenvalue weighted by atomic mass is 10.2. The average molecular weight is 388 g/mol. The molecule has 6 nitrogen and oxygen atoms in total. The normalized spacial score (nSPS) is 10.5. The number of rotatable bonds is 8. The van der Waals surface area contributed by atoms with E-state index in [0.29, 0.717) is 25.8 Å². The Bertz CT molecular complexity index is 849. The number of aryl methyl sites for hydroxylation is 1. The van der Waals surface area contributed by atoms with Crippen molar-refractivity contribution in [2.45, 2.75) is 25.8 Å². The Morgan fingerprint density at radius 1 is 1.11 bits per heavy atom. The first-order valence-corrected chi connectivity index (χ1v) is 7.68. The van der Waals surface area contributed by atoms with Crippen molar-refractivity contribution in [2.75, 3.05) is 11.9 Å². The van der Waals surface area contributed by atoms with Crippen LogP contribution in [-0.2, 0) is 11.3 Å². The number of anilines is 1. The van der Waals surface area contributed by atoms with E-state index in [4.69, 9.17) is 5.26 Å². The molecule has 2 aromatic rings. The van der Waals surface area contributed by atoms with Gasteiger partial charge in [-0.15, -0.1) is 0 Å². The van der Waals surface area contributed by atoms with Crippen molar-refractivity contribution in [3.63, 3.8) is 0 Å². The van der Waals surface area contributed by atoms with Crippen LogP contribution in [0.2, 0.25) is 0 Å². The Hall–Kier alpha value is -3.16. The lowest BCUT2D eigenvalue weighted by Crippen LogP contribution is -2.21. The van der Waals surface area contributed by atoms with Crippen LogP contribution >= 0.6 is 0 Å². The molecule has 0 fully saturated rings. The van der Waals surface area contributed by atoms with Gasteiger partial charge in [-0.1, -0.05) is 0 Å². The molecule has 27 heavy (non-hydrogen) atoms. The zero-order chi connectivity index (χ0) is 20.0. The molecule has 1 aromatic carbocycles. The van der Waals surface area contributed by atoms with Gasteiger partial charge in [0.1, 0.15) is 0 Å². The van der Waals surface area contributed by atoms with Crippen molar-refractivity contribution in [1.82, 2.24) is 9.78 Å². The predicted molar refractivity (Wildman–Crippen MR) is 82.0 cm³/mol. The van der Waals surface area contributed by atoms with Crippen molar-refractivity contribution < 1.29 is 31.5 Å². The van der Waals surface area contributed by atoms with Gasteiger partial charge >= 0.3 is 0 Å². The first-order chi connectivity index (χ1) is 12.8. The molecule has 0 bridgehead atoms. The number of carbonyl (C=O) groups is 1. The predicted octanol–water partition coefficient (Wildman–Crippen LogP) is 3.29. The number of nitrogens with zero attached hydrogens (tertiary/aromatic N) is 3. The van der Waals surface area contributed by atoms with Gasteiger partial charge < -0.3 is 10.1 Å². The number of hydrogen-bond acceptors (Lipinski definition) is 4. The summed E-state index contributed by atoms with van der Waals surface area (Å²) in [5.74, 6) is -13.4. The molecule has 1 amide bonds. The summed E-state index contributed by atoms with van der Waals surface area (Å²) < 4.78 is 71.9. The quantitative estimate of drug-likeness (QED) is 0.326. The fraction of sp³-hybridized carbons (Fsp3) is 0.312. The van der Waals surface area contributed by atoms with Crippen molar-refractivity contribution in [2.24, 2.45) is 0 Å². The molecule has 0 radical (unpaired) electrons. The molecule has 1 N–H and O–H groups in total. The van der Waals surface area contributed by atoms with E-state index < -0.39 is 47.3 Å². The number of ether oxygens (including phenoxy) is 1. The molecule has 0 spiro atoms. The number of aromatic nitrogens is 2. The molecule has 0 aliphatic carbocycles. The lowest BCUT2D eigenvalue weighted by Gasteiger charge is -2.10. The molecular weight excluding hydrogens is 375 g/mol. The highest BCUT2D eigenvalue weighted by atomic mass is 19.2. The van der Waals surface area contributed by atoms with Gasteiger partial charge in [0.25, 0.3) is 5.91 Å². The number of nitriles is 1. The first kappa shape index (κ1) is 20.2. The zero-order valence-electron chi connectivity index (χ0n) is 13.7. The molecule has 11 heteroatoms. The monoisotopic (exact) mass is 388 g/mol. The van der Waals surface area contributed by atoms with Gasteiger partial charge in [0.15, 0.2) is 12.4 Å². The maximum Gasteiger partial charge on any atom is 0.262 e. The summed E-state index contributed by atoms with van der Waals surface area (Å²) >= 11 is 0. The van der Waals surface area contributed by atoms with Crippen molar-refractivity contribution in [3.05, 3.63) is 41.5 Å². The SMILES string of the molecule is N#CCCCCn1cc(NC(=O)COc2c(F)c(F)c(F)c(F)c2F)cn1. The second-order valence-electron chi connectivity index (χ2n) is 5.34. The van der Waals surface area contributed by atoms with Crippen LogP contribution in [0.25, 0.3) is 0 Å². The third kappa shape index (κ3) is 4.93. The molecule has 0 aliphatic heterocycles. The Balaban J connectivity index is 1.92. The molecule has 0 saturated heterocycles. The lowest BCUT2D eigenvalue weighted by molar-refractivity contribution is -0.118. The van der Waals surface area contributed by atoms with E-state index in [1.165, 1.54) is 17.1 Å². The molecule has 0 aliphatic rings. The average Bonchev–Trinajstić information content (AvgIpc) is 3.09. The zero-order valence-corrected chi connectivity index (χ0v) is 13.7. The summed E-state index contributed by atoms with van der Waals surface area (Å²) in [5.41, 5.74) is 0.251. The number of halogens is 5. The fourth-order valence-corrected chi connectivity index (χ4v) is 2.07. The molecule has 0 unspecified atom stereocenters. The molecular formula is C16H13F5N4O2. The Morgan fingerprint density at radius 2 is 1.74 bits per heavy atom. The smallest absolute Gasteiger partial charge is 0.262 e. The summed E-state index contributed by atoms with van der Waals surface area (Å²) in [6, 6.07) is 2.01. The van der Waals surface area contributed by atoms with Crippen LogP contribution < -0.4 is 10.1 Å². The minimum absolute atomic E-state index is 0.251. The second kappa shape index (κ2) is 8.98. The number of carbonyl (C=O) groups excluding carboxylic acids is 1. The summed E-state index contributed by atoms with van der Waals surface area (Å²) in [5, 5.41) is 14.7. The van der Waals surface area contributed by atoms with E-state index in [2.05, 4.69) is 15.2 Å².